The molecule has 0 unspecified atom stereocenters. The number of benzene rings is 2. The summed E-state index contributed by atoms with van der Waals surface area (Å²) in [5, 5.41) is 0. The van der Waals surface area contributed by atoms with Gasteiger partial charge in [-0.05, 0) is 12.1 Å². The average molecular weight is 272 g/mol. The normalized spacial score (nSPS) is 10.4. The van der Waals surface area contributed by atoms with E-state index in [4.69, 9.17) is 9.47 Å². The van der Waals surface area contributed by atoms with Gasteiger partial charge in [-0.1, -0.05) is 0 Å². The first kappa shape index (κ1) is 13.2. The summed E-state index contributed by atoms with van der Waals surface area (Å²) in [4.78, 5) is 0. The smallest absolute Gasteiger partial charge is 0.194 e. The highest BCUT2D eigenvalue weighted by molar-refractivity contribution is 5.37. The molecule has 0 saturated heterocycles. The maximum absolute atomic E-state index is 13.5. The Morgan fingerprint density at radius 3 is 1.89 bits per heavy atom. The Morgan fingerprint density at radius 1 is 0.789 bits per heavy atom. The third-order valence-corrected chi connectivity index (χ3v) is 2.32. The van der Waals surface area contributed by atoms with Crippen molar-refractivity contribution in [1.29, 1.82) is 0 Å². The molecule has 0 fully saturated rings. The van der Waals surface area contributed by atoms with Crippen LogP contribution < -0.4 is 9.47 Å². The van der Waals surface area contributed by atoms with Gasteiger partial charge in [-0.2, -0.15) is 0 Å². The summed E-state index contributed by atoms with van der Waals surface area (Å²) in [6.07, 6.45) is 0. The van der Waals surface area contributed by atoms with E-state index in [2.05, 4.69) is 0 Å². The summed E-state index contributed by atoms with van der Waals surface area (Å²) < 4.78 is 61.9. The van der Waals surface area contributed by atoms with Crippen LogP contribution in [0, 0.1) is 23.3 Å². The van der Waals surface area contributed by atoms with Crippen molar-refractivity contribution < 1.29 is 27.0 Å². The Labute approximate surface area is 106 Å². The fourth-order valence-electron chi connectivity index (χ4n) is 1.41. The Morgan fingerprint density at radius 2 is 1.37 bits per heavy atom. The molecule has 0 atom stereocenters. The fourth-order valence-corrected chi connectivity index (χ4v) is 1.41. The Hall–Kier alpha value is -2.24. The van der Waals surface area contributed by atoms with Crippen molar-refractivity contribution in [3.05, 3.63) is 53.6 Å². The van der Waals surface area contributed by atoms with Crippen molar-refractivity contribution >= 4 is 0 Å². The molecule has 0 aliphatic carbocycles. The van der Waals surface area contributed by atoms with E-state index in [-0.39, 0.29) is 17.2 Å². The zero-order chi connectivity index (χ0) is 14.0. The molecule has 2 aromatic rings. The van der Waals surface area contributed by atoms with E-state index in [1.165, 1.54) is 19.2 Å². The molecule has 0 bridgehead atoms. The molecule has 6 heteroatoms. The zero-order valence-electron chi connectivity index (χ0n) is 9.72. The number of hydrogen-bond donors (Lipinski definition) is 0. The predicted octanol–water partition coefficient (Wildman–Crippen LogP) is 4.04. The lowest BCUT2D eigenvalue weighted by Gasteiger charge is -2.08. The first-order valence-electron chi connectivity index (χ1n) is 5.17. The van der Waals surface area contributed by atoms with Crippen LogP contribution in [0.15, 0.2) is 30.3 Å². The Kier molecular flexibility index (Phi) is 3.59. The van der Waals surface area contributed by atoms with Crippen LogP contribution in [0.2, 0.25) is 0 Å². The number of hydrogen-bond acceptors (Lipinski definition) is 2. The maximum atomic E-state index is 13.5. The molecule has 19 heavy (non-hydrogen) atoms. The SMILES string of the molecule is COc1ccc(Oc2cc(F)c(F)c(F)c2)c(F)c1. The molecular weight excluding hydrogens is 264 g/mol. The van der Waals surface area contributed by atoms with Crippen LogP contribution in [-0.2, 0) is 0 Å². The molecule has 0 aliphatic heterocycles. The third-order valence-electron chi connectivity index (χ3n) is 2.32. The Balaban J connectivity index is 2.31. The maximum Gasteiger partial charge on any atom is 0.194 e. The van der Waals surface area contributed by atoms with Gasteiger partial charge in [0.15, 0.2) is 29.0 Å². The molecule has 2 nitrogen and oxygen atoms in total. The van der Waals surface area contributed by atoms with Gasteiger partial charge in [0.2, 0.25) is 0 Å². The van der Waals surface area contributed by atoms with E-state index >= 15 is 0 Å². The van der Waals surface area contributed by atoms with E-state index in [1.807, 2.05) is 0 Å². The number of rotatable bonds is 3. The van der Waals surface area contributed by atoms with Gasteiger partial charge in [-0.3, -0.25) is 0 Å². The van der Waals surface area contributed by atoms with Crippen molar-refractivity contribution in [2.24, 2.45) is 0 Å². The van der Waals surface area contributed by atoms with Crippen LogP contribution in [0.3, 0.4) is 0 Å². The van der Waals surface area contributed by atoms with Crippen LogP contribution in [-0.4, -0.2) is 7.11 Å². The number of halogens is 4. The lowest BCUT2D eigenvalue weighted by Crippen LogP contribution is -1.95. The summed E-state index contributed by atoms with van der Waals surface area (Å²) >= 11 is 0. The van der Waals surface area contributed by atoms with Crippen molar-refractivity contribution in [3.63, 3.8) is 0 Å². The first-order chi connectivity index (χ1) is 9.01. The largest absolute Gasteiger partial charge is 0.497 e. The summed E-state index contributed by atoms with van der Waals surface area (Å²) in [6.45, 7) is 0. The molecule has 0 saturated carbocycles. The van der Waals surface area contributed by atoms with Gasteiger partial charge in [0, 0.05) is 18.2 Å². The van der Waals surface area contributed by atoms with E-state index in [9.17, 15) is 17.6 Å². The molecule has 100 valence electrons. The molecule has 0 radical (unpaired) electrons. The summed E-state index contributed by atoms with van der Waals surface area (Å²) in [7, 11) is 1.36. The molecule has 2 aromatic carbocycles. The molecule has 0 amide bonds. The van der Waals surface area contributed by atoms with Crippen molar-refractivity contribution in [2.45, 2.75) is 0 Å². The van der Waals surface area contributed by atoms with Gasteiger partial charge in [0.1, 0.15) is 11.5 Å². The highest BCUT2D eigenvalue weighted by Crippen LogP contribution is 2.29. The van der Waals surface area contributed by atoms with Crippen LogP contribution in [0.25, 0.3) is 0 Å². The molecule has 0 heterocycles. The minimum Gasteiger partial charge on any atom is -0.497 e. The van der Waals surface area contributed by atoms with E-state index in [0.717, 1.165) is 6.07 Å². The van der Waals surface area contributed by atoms with Gasteiger partial charge in [-0.25, -0.2) is 17.6 Å². The monoisotopic (exact) mass is 272 g/mol. The molecule has 2 rings (SSSR count). The van der Waals surface area contributed by atoms with Crippen LogP contribution >= 0.6 is 0 Å². The van der Waals surface area contributed by atoms with Crippen LogP contribution in [0.1, 0.15) is 0 Å². The van der Waals surface area contributed by atoms with Crippen LogP contribution in [0.5, 0.6) is 17.2 Å². The lowest BCUT2D eigenvalue weighted by atomic mass is 10.3. The quantitative estimate of drug-likeness (QED) is 0.620. The molecule has 0 spiro atoms. The molecule has 0 aliphatic rings. The second kappa shape index (κ2) is 5.17. The van der Waals surface area contributed by atoms with Crippen LogP contribution in [0.4, 0.5) is 17.6 Å². The van der Waals surface area contributed by atoms with E-state index in [0.29, 0.717) is 12.1 Å². The number of ether oxygens (including phenoxy) is 2. The predicted molar refractivity (Wildman–Crippen MR) is 59.3 cm³/mol. The lowest BCUT2D eigenvalue weighted by molar-refractivity contribution is 0.396. The van der Waals surface area contributed by atoms with E-state index < -0.39 is 23.3 Å². The second-order valence-electron chi connectivity index (χ2n) is 3.60. The zero-order valence-corrected chi connectivity index (χ0v) is 9.72. The standard InChI is InChI=1S/C13H8F4O2/c1-18-7-2-3-12(9(14)4-7)19-8-5-10(15)13(17)11(16)6-8/h2-6H,1H3. The highest BCUT2D eigenvalue weighted by Gasteiger charge is 2.13. The van der Waals surface area contributed by atoms with Gasteiger partial charge >= 0.3 is 0 Å². The third kappa shape index (κ3) is 2.78. The van der Waals surface area contributed by atoms with Gasteiger partial charge in [0.05, 0.1) is 7.11 Å². The summed E-state index contributed by atoms with van der Waals surface area (Å²) in [5.41, 5.74) is 0. The molecule has 0 N–H and O–H groups in total. The first-order valence-corrected chi connectivity index (χ1v) is 5.17. The Bertz CT molecular complexity index is 591. The van der Waals surface area contributed by atoms with Crippen molar-refractivity contribution in [3.8, 4) is 17.2 Å². The molecule has 0 aromatic heterocycles. The highest BCUT2D eigenvalue weighted by atomic mass is 19.2. The average Bonchev–Trinajstić information content (AvgIpc) is 2.38. The number of methoxy groups -OCH3 is 1. The van der Waals surface area contributed by atoms with E-state index in [1.54, 1.807) is 0 Å². The second-order valence-corrected chi connectivity index (χ2v) is 3.60. The summed E-state index contributed by atoms with van der Waals surface area (Å²) in [6, 6.07) is 4.94. The van der Waals surface area contributed by atoms with Gasteiger partial charge in [-0.15, -0.1) is 0 Å². The van der Waals surface area contributed by atoms with Crippen molar-refractivity contribution in [2.75, 3.05) is 7.11 Å². The topological polar surface area (TPSA) is 18.5 Å². The molecular formula is C13H8F4O2. The minimum atomic E-state index is -1.61. The summed E-state index contributed by atoms with van der Waals surface area (Å²) in [5.74, 6) is -5.55. The van der Waals surface area contributed by atoms with Gasteiger partial charge < -0.3 is 9.47 Å². The minimum absolute atomic E-state index is 0.258. The van der Waals surface area contributed by atoms with Crippen molar-refractivity contribution in [1.82, 2.24) is 0 Å². The van der Waals surface area contributed by atoms with Gasteiger partial charge in [0.25, 0.3) is 0 Å². The fraction of sp³-hybridized carbons (Fsp3) is 0.0769.